The van der Waals surface area contributed by atoms with Crippen molar-refractivity contribution in [3.05, 3.63) is 47.7 Å². The number of hydrogen-bond acceptors (Lipinski definition) is 9. The lowest BCUT2D eigenvalue weighted by Crippen LogP contribution is -2.34. The van der Waals surface area contributed by atoms with Gasteiger partial charge in [0.15, 0.2) is 0 Å². The largest absolute Gasteiger partial charge is 0.507 e. The van der Waals surface area contributed by atoms with Crippen LogP contribution in [0.4, 0.5) is 29.4 Å². The highest BCUT2D eigenvalue weighted by molar-refractivity contribution is 6.06. The molecular weight excluding hydrogens is 456 g/mol. The van der Waals surface area contributed by atoms with E-state index in [-0.39, 0.29) is 11.3 Å². The first kappa shape index (κ1) is 23.8. The molecule has 0 unspecified atom stereocenters. The summed E-state index contributed by atoms with van der Waals surface area (Å²) < 4.78 is 0. The van der Waals surface area contributed by atoms with E-state index in [0.717, 1.165) is 57.6 Å². The minimum Gasteiger partial charge on any atom is -0.507 e. The number of phenolic OH excluding ortho intramolecular Hbond substituents is 1. The summed E-state index contributed by atoms with van der Waals surface area (Å²) in [6, 6.07) is 10.2. The number of aromatic nitrogens is 4. The molecule has 2 aromatic heterocycles. The Balaban J connectivity index is 1.36. The molecule has 0 atom stereocenters. The lowest BCUT2D eigenvalue weighted by Gasteiger charge is -2.30. The smallest absolute Gasteiger partial charge is 0.260 e. The normalized spacial score (nSPS) is 16.0. The number of rotatable bonds is 6. The van der Waals surface area contributed by atoms with Crippen molar-refractivity contribution < 1.29 is 9.90 Å². The second kappa shape index (κ2) is 10.8. The number of carbonyl (C=O) groups is 1. The number of hydrogen-bond donors (Lipinski definition) is 3. The summed E-state index contributed by atoms with van der Waals surface area (Å²) in [6.07, 6.45) is 6.97. The Hall–Kier alpha value is -3.95. The number of carbonyl (C=O) groups excluding carboxylic acids is 1. The lowest BCUT2D eigenvalue weighted by molar-refractivity contribution is 0.102. The quantitative estimate of drug-likeness (QED) is 0.467. The van der Waals surface area contributed by atoms with E-state index in [9.17, 15) is 9.90 Å². The van der Waals surface area contributed by atoms with Crippen LogP contribution in [0.3, 0.4) is 0 Å². The highest BCUT2D eigenvalue weighted by atomic mass is 16.3. The number of benzene rings is 1. The number of aryl methyl sites for hydroxylation is 1. The van der Waals surface area contributed by atoms with Crippen LogP contribution in [0.15, 0.2) is 36.4 Å². The van der Waals surface area contributed by atoms with Gasteiger partial charge in [0, 0.05) is 43.6 Å². The molecule has 2 fully saturated rings. The maximum atomic E-state index is 12.7. The lowest BCUT2D eigenvalue weighted by atomic mass is 10.1. The van der Waals surface area contributed by atoms with Gasteiger partial charge < -0.3 is 25.5 Å². The molecule has 5 rings (SSSR count). The predicted molar refractivity (Wildman–Crippen MR) is 140 cm³/mol. The van der Waals surface area contributed by atoms with Gasteiger partial charge in [0.1, 0.15) is 11.6 Å². The molecule has 0 bridgehead atoms. The highest BCUT2D eigenvalue weighted by Gasteiger charge is 2.21. The van der Waals surface area contributed by atoms with E-state index < -0.39 is 5.91 Å². The van der Waals surface area contributed by atoms with Gasteiger partial charge in [-0.1, -0.05) is 6.07 Å². The fourth-order valence-electron chi connectivity index (χ4n) is 4.61. The number of nitrogens with one attached hydrogen (secondary N) is 2. The van der Waals surface area contributed by atoms with Crippen molar-refractivity contribution in [1.29, 1.82) is 0 Å². The first-order valence-corrected chi connectivity index (χ1v) is 12.7. The number of amides is 1. The van der Waals surface area contributed by atoms with Crippen molar-refractivity contribution in [1.82, 2.24) is 19.9 Å². The van der Waals surface area contributed by atoms with E-state index in [1.54, 1.807) is 18.2 Å². The van der Waals surface area contributed by atoms with Gasteiger partial charge in [0.05, 0.1) is 5.56 Å². The molecule has 2 aliphatic rings. The molecule has 3 N–H and O–H groups in total. The average molecular weight is 489 g/mol. The third kappa shape index (κ3) is 5.64. The average Bonchev–Trinajstić information content (AvgIpc) is 2.89. The third-order valence-electron chi connectivity index (χ3n) is 6.52. The van der Waals surface area contributed by atoms with Crippen LogP contribution in [-0.2, 0) is 0 Å². The maximum Gasteiger partial charge on any atom is 0.260 e. The van der Waals surface area contributed by atoms with Crippen molar-refractivity contribution in [3.8, 4) is 5.75 Å². The molecule has 0 radical (unpaired) electrons. The SMILES string of the molecule is Cc1cccc(NC(=O)c2ccc(Nc3nc(N4CCCCC4)nc(N4CCCCC4)n3)cc2O)n1. The zero-order valence-electron chi connectivity index (χ0n) is 20.6. The molecule has 0 spiro atoms. The van der Waals surface area contributed by atoms with E-state index >= 15 is 0 Å². The molecule has 10 heteroatoms. The van der Waals surface area contributed by atoms with E-state index in [2.05, 4.69) is 25.4 Å². The molecule has 0 saturated carbocycles. The fourth-order valence-corrected chi connectivity index (χ4v) is 4.61. The second-order valence-electron chi connectivity index (χ2n) is 9.33. The monoisotopic (exact) mass is 488 g/mol. The summed E-state index contributed by atoms with van der Waals surface area (Å²) in [6.45, 7) is 5.58. The van der Waals surface area contributed by atoms with Crippen LogP contribution in [-0.4, -0.2) is 57.1 Å². The van der Waals surface area contributed by atoms with Crippen LogP contribution in [0, 0.1) is 6.92 Å². The van der Waals surface area contributed by atoms with Crippen LogP contribution in [0.2, 0.25) is 0 Å². The minimum atomic E-state index is -0.433. The van der Waals surface area contributed by atoms with Crippen molar-refractivity contribution in [2.24, 2.45) is 0 Å². The summed E-state index contributed by atoms with van der Waals surface area (Å²) in [4.78, 5) is 35.6. The van der Waals surface area contributed by atoms with E-state index in [4.69, 9.17) is 15.0 Å². The molecule has 2 saturated heterocycles. The third-order valence-corrected chi connectivity index (χ3v) is 6.52. The van der Waals surface area contributed by atoms with E-state index in [0.29, 0.717) is 29.4 Å². The summed E-state index contributed by atoms with van der Waals surface area (Å²) in [5, 5.41) is 16.5. The molecule has 36 heavy (non-hydrogen) atoms. The Labute approximate surface area is 210 Å². The van der Waals surface area contributed by atoms with Crippen LogP contribution >= 0.6 is 0 Å². The second-order valence-corrected chi connectivity index (χ2v) is 9.33. The molecule has 2 aliphatic heterocycles. The molecule has 1 aromatic carbocycles. The molecule has 188 valence electrons. The standard InChI is InChI=1S/C26H32N8O2/c1-18-9-8-10-22(27-18)29-23(36)20-12-11-19(17-21(20)35)28-24-30-25(33-13-4-2-5-14-33)32-26(31-24)34-15-6-3-7-16-34/h8-12,17,35H,2-7,13-16H2,1H3,(H,27,29,36)(H,28,30,31,32). The molecule has 3 aromatic rings. The van der Waals surface area contributed by atoms with Crippen LogP contribution < -0.4 is 20.4 Å². The van der Waals surface area contributed by atoms with Crippen molar-refractivity contribution in [2.75, 3.05) is 46.6 Å². The zero-order chi connectivity index (χ0) is 24.9. The highest BCUT2D eigenvalue weighted by Crippen LogP contribution is 2.27. The number of aromatic hydroxyl groups is 1. The topological polar surface area (TPSA) is 119 Å². The van der Waals surface area contributed by atoms with Crippen LogP contribution in [0.1, 0.15) is 54.6 Å². The fraction of sp³-hybridized carbons (Fsp3) is 0.423. The van der Waals surface area contributed by atoms with E-state index in [1.165, 1.54) is 18.9 Å². The maximum absolute atomic E-state index is 12.7. The first-order valence-electron chi connectivity index (χ1n) is 12.7. The Morgan fingerprint density at radius 1 is 0.833 bits per heavy atom. The Morgan fingerprint density at radius 3 is 2.06 bits per heavy atom. The van der Waals surface area contributed by atoms with E-state index in [1.807, 2.05) is 19.1 Å². The van der Waals surface area contributed by atoms with Gasteiger partial charge in [-0.15, -0.1) is 0 Å². The predicted octanol–water partition coefficient (Wildman–Crippen LogP) is 4.26. The Kier molecular flexibility index (Phi) is 7.11. The Morgan fingerprint density at radius 2 is 1.47 bits per heavy atom. The molecule has 10 nitrogen and oxygen atoms in total. The van der Waals surface area contributed by atoms with Gasteiger partial charge in [-0.25, -0.2) is 4.98 Å². The number of anilines is 5. The van der Waals surface area contributed by atoms with Crippen molar-refractivity contribution in [3.63, 3.8) is 0 Å². The molecule has 4 heterocycles. The molecule has 0 aliphatic carbocycles. The van der Waals surface area contributed by atoms with Gasteiger partial charge in [-0.2, -0.15) is 15.0 Å². The zero-order valence-corrected chi connectivity index (χ0v) is 20.6. The van der Waals surface area contributed by atoms with Gasteiger partial charge in [-0.05, 0) is 69.7 Å². The summed E-state index contributed by atoms with van der Waals surface area (Å²) in [5.41, 5.74) is 1.53. The van der Waals surface area contributed by atoms with Gasteiger partial charge >= 0.3 is 0 Å². The minimum absolute atomic E-state index is 0.147. The Bertz CT molecular complexity index is 1190. The van der Waals surface area contributed by atoms with Gasteiger partial charge in [0.2, 0.25) is 17.8 Å². The number of phenols is 1. The number of pyridine rings is 1. The van der Waals surface area contributed by atoms with Crippen LogP contribution in [0.25, 0.3) is 0 Å². The summed E-state index contributed by atoms with van der Waals surface area (Å²) in [5.74, 6) is 1.63. The molecule has 1 amide bonds. The van der Waals surface area contributed by atoms with Crippen molar-refractivity contribution in [2.45, 2.75) is 45.4 Å². The van der Waals surface area contributed by atoms with Gasteiger partial charge in [-0.3, -0.25) is 4.79 Å². The summed E-state index contributed by atoms with van der Waals surface area (Å²) >= 11 is 0. The van der Waals surface area contributed by atoms with Gasteiger partial charge in [0.25, 0.3) is 5.91 Å². The van der Waals surface area contributed by atoms with Crippen LogP contribution in [0.5, 0.6) is 5.75 Å². The van der Waals surface area contributed by atoms with Crippen molar-refractivity contribution >= 4 is 35.3 Å². The molecular formula is C26H32N8O2. The number of nitrogens with zero attached hydrogens (tertiary/aromatic N) is 6. The number of piperidine rings is 2. The summed E-state index contributed by atoms with van der Waals surface area (Å²) in [7, 11) is 0. The first-order chi connectivity index (χ1) is 17.5.